The van der Waals surface area contributed by atoms with Crippen LogP contribution in [0.25, 0.3) is 0 Å². The Balaban J connectivity index is 0. The van der Waals surface area contributed by atoms with Crippen LogP contribution >= 0.6 is 23.5 Å². The zero-order valence-electron chi connectivity index (χ0n) is 26.4. The Labute approximate surface area is 295 Å². The van der Waals surface area contributed by atoms with E-state index in [-0.39, 0.29) is 65.6 Å². The third-order valence-electron chi connectivity index (χ3n) is 5.67. The van der Waals surface area contributed by atoms with Gasteiger partial charge in [0.05, 0.1) is 20.1 Å². The van der Waals surface area contributed by atoms with Crippen LogP contribution in [-0.2, 0) is 38.2 Å². The van der Waals surface area contributed by atoms with Crippen LogP contribution in [0.15, 0.2) is 94.4 Å². The average Bonchev–Trinajstić information content (AvgIpc) is 3.02. The SMILES string of the molecule is CC(=O)/C=C/CCSc1ccccc1.CCC(=O)OC.COC(=O)C1C([O-])=CC(=O)CC1CCSc1ccccc1.O=C=O.[Na+]. The van der Waals surface area contributed by atoms with Crippen LogP contribution in [0.4, 0.5) is 0 Å². The van der Waals surface area contributed by atoms with Crippen LogP contribution in [0.2, 0.25) is 0 Å². The van der Waals surface area contributed by atoms with Crippen LogP contribution in [0.5, 0.6) is 0 Å². The summed E-state index contributed by atoms with van der Waals surface area (Å²) >= 11 is 3.46. The maximum atomic E-state index is 11.9. The van der Waals surface area contributed by atoms with Gasteiger partial charge in [0.2, 0.25) is 0 Å². The van der Waals surface area contributed by atoms with Crippen LogP contribution in [0, 0.1) is 11.8 Å². The van der Waals surface area contributed by atoms with E-state index in [1.807, 2.05) is 66.4 Å². The maximum Gasteiger partial charge on any atom is 1.00 e. The number of ketones is 2. The number of benzene rings is 2. The number of carbonyl (C=O) groups excluding carboxylic acids is 6. The molecule has 0 heterocycles. The largest absolute Gasteiger partial charge is 1.00 e. The fourth-order valence-electron chi connectivity index (χ4n) is 3.62. The van der Waals surface area contributed by atoms with Crippen molar-refractivity contribution in [3.8, 4) is 0 Å². The molecule has 0 aliphatic heterocycles. The molecule has 0 amide bonds. The summed E-state index contributed by atoms with van der Waals surface area (Å²) in [5.41, 5.74) is 0. The summed E-state index contributed by atoms with van der Waals surface area (Å²) < 4.78 is 8.95. The molecule has 2 aromatic rings. The van der Waals surface area contributed by atoms with E-state index in [4.69, 9.17) is 14.3 Å². The van der Waals surface area contributed by atoms with Gasteiger partial charge in [-0.05, 0) is 67.9 Å². The molecule has 238 valence electrons. The third-order valence-corrected chi connectivity index (χ3v) is 7.76. The topological polar surface area (TPSA) is 144 Å². The van der Waals surface area contributed by atoms with Gasteiger partial charge in [0.25, 0.3) is 0 Å². The fraction of sp³-hybridized carbons (Fsp3) is 0.364. The molecule has 12 heteroatoms. The molecule has 9 nitrogen and oxygen atoms in total. The number of allylic oxidation sites excluding steroid dienone is 3. The molecule has 0 fully saturated rings. The zero-order valence-corrected chi connectivity index (χ0v) is 30.0. The van der Waals surface area contributed by atoms with Crippen molar-refractivity contribution in [1.82, 2.24) is 0 Å². The Morgan fingerprint density at radius 2 is 1.44 bits per heavy atom. The minimum absolute atomic E-state index is 0. The van der Waals surface area contributed by atoms with Crippen molar-refractivity contribution < 1.29 is 72.9 Å². The van der Waals surface area contributed by atoms with E-state index in [9.17, 15) is 24.3 Å². The van der Waals surface area contributed by atoms with Crippen molar-refractivity contribution in [2.75, 3.05) is 25.7 Å². The van der Waals surface area contributed by atoms with E-state index in [1.165, 1.54) is 19.1 Å². The number of carbonyl (C=O) groups is 4. The molecule has 2 unspecified atom stereocenters. The number of esters is 2. The van der Waals surface area contributed by atoms with Crippen molar-refractivity contribution in [3.05, 3.63) is 84.7 Å². The molecule has 45 heavy (non-hydrogen) atoms. The van der Waals surface area contributed by atoms with E-state index >= 15 is 0 Å². The molecule has 0 bridgehead atoms. The second kappa shape index (κ2) is 28.5. The standard InChI is InChI=1S/C16H18O4S.C12H14OS.C4H8O2.CO2.Na/c1-20-16(19)15-11(9-12(17)10-14(15)18)7-8-21-13-5-3-2-4-6-13;1-11(13)7-5-6-10-14-12-8-3-2-4-9-12;1-3-4(5)6-2;2-1-3;/h2-6,10-11,15,18H,7-9H2,1H3;2-5,7-9H,6,10H2,1H3;3H2,1-2H3;;/q;;;;+1/p-1/b;7-5+;;;. The Hall–Kier alpha value is -2.92. The number of rotatable bonds is 11. The molecule has 0 saturated heterocycles. The molecule has 0 aromatic heterocycles. The second-order valence-corrected chi connectivity index (χ2v) is 11.2. The molecule has 0 radical (unpaired) electrons. The van der Waals surface area contributed by atoms with Gasteiger partial charge < -0.3 is 14.6 Å². The van der Waals surface area contributed by atoms with Gasteiger partial charge in [-0.15, -0.1) is 29.3 Å². The summed E-state index contributed by atoms with van der Waals surface area (Å²) in [5.74, 6) is -0.523. The van der Waals surface area contributed by atoms with Crippen LogP contribution in [-0.4, -0.2) is 55.4 Å². The van der Waals surface area contributed by atoms with Gasteiger partial charge in [0.1, 0.15) is 0 Å². The van der Waals surface area contributed by atoms with Crippen molar-refractivity contribution in [1.29, 1.82) is 0 Å². The molecular weight excluding hydrogens is 627 g/mol. The van der Waals surface area contributed by atoms with E-state index < -0.39 is 17.6 Å². The Morgan fingerprint density at radius 1 is 0.933 bits per heavy atom. The van der Waals surface area contributed by atoms with Gasteiger partial charge in [-0.1, -0.05) is 49.4 Å². The number of ether oxygens (including phenoxy) is 2. The van der Waals surface area contributed by atoms with Gasteiger partial charge in [0, 0.05) is 28.4 Å². The van der Waals surface area contributed by atoms with Gasteiger partial charge in [-0.3, -0.25) is 19.2 Å². The number of hydrogen-bond donors (Lipinski definition) is 0. The van der Waals surface area contributed by atoms with E-state index in [0.29, 0.717) is 12.8 Å². The molecule has 2 aromatic carbocycles. The summed E-state index contributed by atoms with van der Waals surface area (Å²) in [6.07, 6.45) is 7.12. The minimum Gasteiger partial charge on any atom is -0.875 e. The van der Waals surface area contributed by atoms with Crippen molar-refractivity contribution >= 4 is 53.2 Å². The molecule has 0 saturated carbocycles. The number of thioether (sulfide) groups is 2. The molecule has 3 rings (SSSR count). The van der Waals surface area contributed by atoms with Gasteiger partial charge >= 0.3 is 47.6 Å². The fourth-order valence-corrected chi connectivity index (χ4v) is 5.47. The number of hydrogen-bond acceptors (Lipinski definition) is 11. The second-order valence-electron chi connectivity index (χ2n) is 8.90. The van der Waals surface area contributed by atoms with Gasteiger partial charge in [-0.2, -0.15) is 9.59 Å². The summed E-state index contributed by atoms with van der Waals surface area (Å²) in [5, 5.41) is 11.9. The Bertz CT molecular complexity index is 1220. The van der Waals surface area contributed by atoms with Gasteiger partial charge in [0.15, 0.2) is 11.6 Å². The van der Waals surface area contributed by atoms with Crippen molar-refractivity contribution in [3.63, 3.8) is 0 Å². The minimum atomic E-state index is -0.830. The molecule has 0 spiro atoms. The van der Waals surface area contributed by atoms with Crippen LogP contribution in [0.1, 0.15) is 39.5 Å². The monoisotopic (exact) mass is 666 g/mol. The molecule has 0 N–H and O–H groups in total. The van der Waals surface area contributed by atoms with E-state index in [2.05, 4.69) is 16.9 Å². The van der Waals surface area contributed by atoms with Crippen LogP contribution in [0.3, 0.4) is 0 Å². The zero-order chi connectivity index (χ0) is 33.2. The predicted molar refractivity (Wildman–Crippen MR) is 167 cm³/mol. The summed E-state index contributed by atoms with van der Waals surface area (Å²) in [6.45, 7) is 3.33. The first-order chi connectivity index (χ1) is 21.1. The summed E-state index contributed by atoms with van der Waals surface area (Å²) in [7, 11) is 2.65. The third kappa shape index (κ3) is 22.3. The first-order valence-electron chi connectivity index (χ1n) is 13.7. The molecular formula is C33H39NaO9S2. The molecule has 1 aliphatic rings. The Morgan fingerprint density at radius 3 is 1.87 bits per heavy atom. The smallest absolute Gasteiger partial charge is 0.875 e. The van der Waals surface area contributed by atoms with Gasteiger partial charge in [-0.25, -0.2) is 0 Å². The first-order valence-corrected chi connectivity index (χ1v) is 15.7. The summed E-state index contributed by atoms with van der Waals surface area (Å²) in [6, 6.07) is 20.2. The molecule has 2 atom stereocenters. The molecule has 1 aliphatic carbocycles. The van der Waals surface area contributed by atoms with Crippen LogP contribution < -0.4 is 34.7 Å². The average molecular weight is 667 g/mol. The number of methoxy groups -OCH3 is 2. The van der Waals surface area contributed by atoms with E-state index in [1.54, 1.807) is 31.7 Å². The predicted octanol–water partition coefficient (Wildman–Crippen LogP) is 2.10. The Kier molecular flexibility index (Phi) is 28.0. The van der Waals surface area contributed by atoms with Crippen molar-refractivity contribution in [2.24, 2.45) is 11.8 Å². The normalized spacial score (nSPS) is 14.7. The summed E-state index contributed by atoms with van der Waals surface area (Å²) in [4.78, 5) is 62.5. The quantitative estimate of drug-likeness (QED) is 0.114. The maximum absolute atomic E-state index is 11.9. The van der Waals surface area contributed by atoms with Crippen molar-refractivity contribution in [2.45, 2.75) is 49.3 Å². The first kappa shape index (κ1) is 44.2. The van der Waals surface area contributed by atoms with E-state index in [0.717, 1.165) is 28.9 Å².